The van der Waals surface area contributed by atoms with E-state index in [1.807, 2.05) is 0 Å². The Labute approximate surface area is 144 Å². The monoisotopic (exact) mass is 330 g/mol. The summed E-state index contributed by atoms with van der Waals surface area (Å²) in [6, 6.07) is 8.68. The zero-order valence-corrected chi connectivity index (χ0v) is 14.0. The predicted octanol–water partition coefficient (Wildman–Crippen LogP) is 4.54. The molecule has 0 spiro atoms. The number of benzene rings is 2. The van der Waals surface area contributed by atoms with Gasteiger partial charge in [0.25, 0.3) is 0 Å². The highest BCUT2D eigenvalue weighted by Crippen LogP contribution is 2.30. The molecule has 2 aromatic carbocycles. The number of hydrogen-bond donors (Lipinski definition) is 0. The summed E-state index contributed by atoms with van der Waals surface area (Å²) in [5, 5.41) is 0. The van der Waals surface area contributed by atoms with Crippen molar-refractivity contribution >= 4 is 22.2 Å². The van der Waals surface area contributed by atoms with Gasteiger partial charge in [0.15, 0.2) is 11.2 Å². The molecule has 0 bridgehead atoms. The van der Waals surface area contributed by atoms with Crippen molar-refractivity contribution in [2.45, 2.75) is 44.9 Å². The molecule has 4 heteroatoms. The lowest BCUT2D eigenvalue weighted by atomic mass is 10.1. The van der Waals surface area contributed by atoms with Crippen LogP contribution in [0.1, 0.15) is 46.9 Å². The maximum atomic E-state index is 5.96. The van der Waals surface area contributed by atoms with E-state index < -0.39 is 0 Å². The number of oxazole rings is 2. The van der Waals surface area contributed by atoms with Crippen LogP contribution in [-0.2, 0) is 32.1 Å². The topological polar surface area (TPSA) is 52.1 Å². The summed E-state index contributed by atoms with van der Waals surface area (Å²) >= 11 is 0. The second kappa shape index (κ2) is 4.94. The SMILES string of the molecule is c1c2c(cc3oc(Cc4nc5cc6c(cc5o4)CCC6)nc13)CCC2. The Kier molecular flexibility index (Phi) is 2.70. The molecule has 0 saturated heterocycles. The molecule has 0 aliphatic heterocycles. The standard InChI is InChI=1S/C21H18N2O2/c1-3-12-7-16-18(9-14(12)5-1)24-20(22-16)11-21-23-17-8-13-4-2-6-15(13)10-19(17)25-21/h7-10H,1-6,11H2. The molecule has 2 heterocycles. The van der Waals surface area contributed by atoms with E-state index in [1.54, 1.807) is 0 Å². The molecular formula is C21H18N2O2. The summed E-state index contributed by atoms with van der Waals surface area (Å²) in [5.41, 5.74) is 9.32. The Morgan fingerprint density at radius 1 is 0.640 bits per heavy atom. The first-order valence-electron chi connectivity index (χ1n) is 9.14. The van der Waals surface area contributed by atoms with E-state index in [0.29, 0.717) is 18.2 Å². The molecule has 124 valence electrons. The number of aryl methyl sites for hydroxylation is 4. The first kappa shape index (κ1) is 13.6. The Morgan fingerprint density at radius 3 is 1.56 bits per heavy atom. The summed E-state index contributed by atoms with van der Waals surface area (Å²) in [4.78, 5) is 9.30. The molecule has 2 aliphatic carbocycles. The van der Waals surface area contributed by atoms with Crippen molar-refractivity contribution < 1.29 is 8.83 Å². The van der Waals surface area contributed by atoms with Crippen molar-refractivity contribution in [2.75, 3.05) is 0 Å². The largest absolute Gasteiger partial charge is 0.440 e. The number of nitrogens with zero attached hydrogens (tertiary/aromatic N) is 2. The molecule has 4 aromatic rings. The summed E-state index contributed by atoms with van der Waals surface area (Å²) < 4.78 is 11.9. The van der Waals surface area contributed by atoms with Crippen LogP contribution >= 0.6 is 0 Å². The van der Waals surface area contributed by atoms with Gasteiger partial charge in [-0.3, -0.25) is 0 Å². The van der Waals surface area contributed by atoms with E-state index in [4.69, 9.17) is 8.83 Å². The minimum atomic E-state index is 0.499. The van der Waals surface area contributed by atoms with Crippen LogP contribution in [0, 0.1) is 0 Å². The molecule has 0 N–H and O–H groups in total. The van der Waals surface area contributed by atoms with Crippen LogP contribution in [0.25, 0.3) is 22.2 Å². The normalized spacial score (nSPS) is 16.0. The van der Waals surface area contributed by atoms with E-state index in [1.165, 1.54) is 35.1 Å². The van der Waals surface area contributed by atoms with Crippen LogP contribution in [0.3, 0.4) is 0 Å². The van der Waals surface area contributed by atoms with Gasteiger partial charge in [-0.15, -0.1) is 0 Å². The maximum absolute atomic E-state index is 5.96. The molecule has 4 nitrogen and oxygen atoms in total. The van der Waals surface area contributed by atoms with E-state index in [0.717, 1.165) is 47.9 Å². The van der Waals surface area contributed by atoms with E-state index in [2.05, 4.69) is 34.2 Å². The van der Waals surface area contributed by atoms with Crippen molar-refractivity contribution in [1.82, 2.24) is 9.97 Å². The molecule has 6 rings (SSSR count). The van der Waals surface area contributed by atoms with Gasteiger partial charge in [0.05, 0.1) is 0 Å². The zero-order valence-electron chi connectivity index (χ0n) is 14.0. The van der Waals surface area contributed by atoms with E-state index >= 15 is 0 Å². The number of aromatic nitrogens is 2. The molecule has 0 amide bonds. The lowest BCUT2D eigenvalue weighted by molar-refractivity contribution is 0.488. The fourth-order valence-corrected chi connectivity index (χ4v) is 4.36. The molecule has 25 heavy (non-hydrogen) atoms. The van der Waals surface area contributed by atoms with Crippen LogP contribution in [0.5, 0.6) is 0 Å². The summed E-state index contributed by atoms with van der Waals surface area (Å²) in [6.45, 7) is 0. The fraction of sp³-hybridized carbons (Fsp3) is 0.333. The molecule has 0 saturated carbocycles. The van der Waals surface area contributed by atoms with Gasteiger partial charge in [-0.05, 0) is 85.0 Å². The summed E-state index contributed by atoms with van der Waals surface area (Å²) in [7, 11) is 0. The third kappa shape index (κ3) is 2.13. The highest BCUT2D eigenvalue weighted by molar-refractivity contribution is 5.76. The second-order valence-electron chi connectivity index (χ2n) is 7.28. The first-order valence-corrected chi connectivity index (χ1v) is 9.14. The lowest BCUT2D eigenvalue weighted by Crippen LogP contribution is -1.87. The molecular weight excluding hydrogens is 312 g/mol. The van der Waals surface area contributed by atoms with Gasteiger partial charge < -0.3 is 8.83 Å². The smallest absolute Gasteiger partial charge is 0.204 e. The quantitative estimate of drug-likeness (QED) is 0.541. The molecule has 0 atom stereocenters. The van der Waals surface area contributed by atoms with Gasteiger partial charge in [-0.25, -0.2) is 9.97 Å². The first-order chi connectivity index (χ1) is 12.3. The van der Waals surface area contributed by atoms with E-state index in [9.17, 15) is 0 Å². The third-order valence-electron chi connectivity index (χ3n) is 5.60. The van der Waals surface area contributed by atoms with Gasteiger partial charge >= 0.3 is 0 Å². The van der Waals surface area contributed by atoms with Crippen LogP contribution in [0.4, 0.5) is 0 Å². The predicted molar refractivity (Wildman–Crippen MR) is 94.9 cm³/mol. The third-order valence-corrected chi connectivity index (χ3v) is 5.60. The Hall–Kier alpha value is -2.62. The Morgan fingerprint density at radius 2 is 1.08 bits per heavy atom. The minimum Gasteiger partial charge on any atom is -0.440 e. The molecule has 0 unspecified atom stereocenters. The number of hydrogen-bond acceptors (Lipinski definition) is 4. The second-order valence-corrected chi connectivity index (χ2v) is 7.28. The zero-order chi connectivity index (χ0) is 16.4. The molecule has 2 aromatic heterocycles. The van der Waals surface area contributed by atoms with Crippen LogP contribution in [0.2, 0.25) is 0 Å². The van der Waals surface area contributed by atoms with Crippen molar-refractivity contribution in [1.29, 1.82) is 0 Å². The van der Waals surface area contributed by atoms with Gasteiger partial charge in [0, 0.05) is 0 Å². The summed E-state index contributed by atoms with van der Waals surface area (Å²) in [5.74, 6) is 1.36. The average Bonchev–Trinajstić information content (AvgIpc) is 3.34. The highest BCUT2D eigenvalue weighted by atomic mass is 16.4. The van der Waals surface area contributed by atoms with Crippen molar-refractivity contribution in [3.63, 3.8) is 0 Å². The van der Waals surface area contributed by atoms with Crippen LogP contribution in [0.15, 0.2) is 33.1 Å². The van der Waals surface area contributed by atoms with Gasteiger partial charge in [-0.1, -0.05) is 0 Å². The number of fused-ring (bicyclic) bond motifs is 4. The maximum Gasteiger partial charge on any atom is 0.204 e. The van der Waals surface area contributed by atoms with Crippen molar-refractivity contribution in [2.24, 2.45) is 0 Å². The molecule has 0 radical (unpaired) electrons. The van der Waals surface area contributed by atoms with E-state index in [-0.39, 0.29) is 0 Å². The highest BCUT2D eigenvalue weighted by Gasteiger charge is 2.18. The Balaban J connectivity index is 1.37. The summed E-state index contributed by atoms with van der Waals surface area (Å²) in [6.07, 6.45) is 7.59. The van der Waals surface area contributed by atoms with Gasteiger partial charge in [-0.2, -0.15) is 0 Å². The lowest BCUT2D eigenvalue weighted by Gasteiger charge is -1.95. The Bertz CT molecular complexity index is 964. The average molecular weight is 330 g/mol. The number of rotatable bonds is 2. The minimum absolute atomic E-state index is 0.499. The molecule has 0 fully saturated rings. The fourth-order valence-electron chi connectivity index (χ4n) is 4.36. The van der Waals surface area contributed by atoms with Gasteiger partial charge in [0.2, 0.25) is 11.8 Å². The van der Waals surface area contributed by atoms with Crippen LogP contribution < -0.4 is 0 Å². The molecule has 2 aliphatic rings. The van der Waals surface area contributed by atoms with Crippen LogP contribution in [-0.4, -0.2) is 9.97 Å². The van der Waals surface area contributed by atoms with Gasteiger partial charge in [0.1, 0.15) is 17.5 Å². The van der Waals surface area contributed by atoms with Crippen molar-refractivity contribution in [3.8, 4) is 0 Å². The van der Waals surface area contributed by atoms with Crippen molar-refractivity contribution in [3.05, 3.63) is 58.3 Å².